The molecule has 0 heterocycles. The molecule has 0 spiro atoms. The van der Waals surface area contributed by atoms with Crippen molar-refractivity contribution in [3.05, 3.63) is 146 Å². The van der Waals surface area contributed by atoms with Crippen LogP contribution in [-0.2, 0) is 32.7 Å². The van der Waals surface area contributed by atoms with E-state index in [2.05, 4.69) is 160 Å². The average Bonchev–Trinajstić information content (AvgIpc) is 3.46. The van der Waals surface area contributed by atoms with Gasteiger partial charge in [0.2, 0.25) is 0 Å². The highest BCUT2D eigenvalue weighted by Gasteiger charge is 2.27. The molecule has 0 aromatic rings. The second-order valence-electron chi connectivity index (χ2n) is 22.4. The van der Waals surface area contributed by atoms with E-state index in [9.17, 15) is 19.0 Å². The van der Waals surface area contributed by atoms with Crippen LogP contribution in [0.4, 0.5) is 0 Å². The predicted octanol–water partition coefficient (Wildman–Crippen LogP) is 21.0. The van der Waals surface area contributed by atoms with E-state index in [1.807, 2.05) is 21.1 Å². The zero-order valence-electron chi connectivity index (χ0n) is 52.9. The lowest BCUT2D eigenvalue weighted by Crippen LogP contribution is -2.37. The zero-order valence-corrected chi connectivity index (χ0v) is 53.8. The topological polar surface area (TPSA) is 108 Å². The number of quaternary nitrogens is 1. The summed E-state index contributed by atoms with van der Waals surface area (Å²) in [6.45, 7) is 4.19. The van der Waals surface area contributed by atoms with Gasteiger partial charge in [0.1, 0.15) is 19.8 Å². The Labute approximate surface area is 503 Å². The van der Waals surface area contributed by atoms with Gasteiger partial charge in [0.05, 0.1) is 27.7 Å². The van der Waals surface area contributed by atoms with Crippen LogP contribution in [0.5, 0.6) is 0 Å². The van der Waals surface area contributed by atoms with E-state index >= 15 is 0 Å². The van der Waals surface area contributed by atoms with Gasteiger partial charge in [0.15, 0.2) is 6.10 Å². The number of phosphoric ester groups is 1. The average molecular weight is 1160 g/mol. The van der Waals surface area contributed by atoms with Crippen molar-refractivity contribution in [2.75, 3.05) is 47.5 Å². The van der Waals surface area contributed by atoms with Gasteiger partial charge in [-0.3, -0.25) is 18.6 Å². The molecule has 9 nitrogen and oxygen atoms in total. The van der Waals surface area contributed by atoms with Gasteiger partial charge in [0.25, 0.3) is 0 Å². The van der Waals surface area contributed by atoms with Gasteiger partial charge in [-0.15, -0.1) is 0 Å². The lowest BCUT2D eigenvalue weighted by atomic mass is 10.0. The molecule has 0 aliphatic heterocycles. The number of carbonyl (C=O) groups excluding carboxylic acids is 2. The zero-order chi connectivity index (χ0) is 59.8. The molecule has 0 aromatic heterocycles. The fraction of sp³-hybridized carbons (Fsp3) is 0.639. The third kappa shape index (κ3) is 65.0. The number of esters is 2. The standard InChI is InChI=1S/C72H120NO8P/c1-6-8-10-12-14-16-18-20-22-24-26-28-29-30-31-32-33-34-35-36-37-38-39-40-41-42-43-45-47-49-51-53-55-57-59-61-63-65-72(75)81-70(69-80-82(76,77)79-67-66-73(3,4)5)68-78-71(74)64-62-60-58-56-54-52-50-48-46-44-27-25-23-21-19-17-15-13-11-9-7-2/h8-11,14-17,20-23,26-28,30-31,33-34,36-37,39-40,44,70H,6-7,12-13,18-19,24-25,29,32,35,38,41-43,45-69H2,1-5H3/p+1/b10-8-,11-9-,16-14-,17-15-,22-20-,23-21-,28-26-,31-30-,34-33-,37-36-,40-39-,44-27-. The SMILES string of the molecule is CC/C=C\C/C=C\C/C=C\C/C=C\C/C=C\C/C=C\C/C=C\C/C=C\CCCCCCCCCCCCCCC(=O)OC(COC(=O)CCCCCCCCCC/C=C\C/C=C\C/C=C\C/C=C\CC)COP(=O)(O)OCC[N+](C)(C)C. The summed E-state index contributed by atoms with van der Waals surface area (Å²) in [5, 5.41) is 0. The van der Waals surface area contributed by atoms with Gasteiger partial charge in [-0.25, -0.2) is 4.57 Å². The molecule has 2 unspecified atom stereocenters. The number of phosphoric acid groups is 1. The molecule has 0 radical (unpaired) electrons. The van der Waals surface area contributed by atoms with Crippen LogP contribution in [-0.4, -0.2) is 74.9 Å². The van der Waals surface area contributed by atoms with Crippen molar-refractivity contribution >= 4 is 19.8 Å². The summed E-state index contributed by atoms with van der Waals surface area (Å²) in [6, 6.07) is 0. The first kappa shape index (κ1) is 77.9. The molecule has 0 aliphatic carbocycles. The molecule has 0 rings (SSSR count). The van der Waals surface area contributed by atoms with E-state index in [1.165, 1.54) is 83.5 Å². The van der Waals surface area contributed by atoms with Gasteiger partial charge in [-0.2, -0.15) is 0 Å². The number of hydrogen-bond donors (Lipinski definition) is 1. The number of likely N-dealkylation sites (N-methyl/N-ethyl adjacent to an activating group) is 1. The van der Waals surface area contributed by atoms with Gasteiger partial charge in [0, 0.05) is 12.8 Å². The lowest BCUT2D eigenvalue weighted by Gasteiger charge is -2.24. The van der Waals surface area contributed by atoms with E-state index in [0.717, 1.165) is 128 Å². The van der Waals surface area contributed by atoms with Crippen LogP contribution in [0.1, 0.15) is 245 Å². The molecular formula is C72H121NO8P+. The number of ether oxygens (including phenoxy) is 2. The minimum absolute atomic E-state index is 0.0230. The highest BCUT2D eigenvalue weighted by atomic mass is 31.2. The van der Waals surface area contributed by atoms with Crippen molar-refractivity contribution in [2.45, 2.75) is 251 Å². The quantitative estimate of drug-likeness (QED) is 0.0211. The van der Waals surface area contributed by atoms with Gasteiger partial charge >= 0.3 is 19.8 Å². The monoisotopic (exact) mass is 1160 g/mol. The second kappa shape index (κ2) is 61.5. The Balaban J connectivity index is 4.12. The molecule has 0 aliphatic rings. The minimum atomic E-state index is -4.40. The van der Waals surface area contributed by atoms with E-state index in [-0.39, 0.29) is 32.0 Å². The van der Waals surface area contributed by atoms with Crippen molar-refractivity contribution in [3.63, 3.8) is 0 Å². The van der Waals surface area contributed by atoms with Crippen molar-refractivity contribution in [2.24, 2.45) is 0 Å². The Morgan fingerprint density at radius 3 is 0.976 bits per heavy atom. The second-order valence-corrected chi connectivity index (χ2v) is 23.8. The first-order valence-corrected chi connectivity index (χ1v) is 34.1. The Kier molecular flexibility index (Phi) is 58.4. The summed E-state index contributed by atoms with van der Waals surface area (Å²) >= 11 is 0. The molecule has 0 saturated heterocycles. The molecule has 0 saturated carbocycles. The number of nitrogens with zero attached hydrogens (tertiary/aromatic N) is 1. The van der Waals surface area contributed by atoms with Crippen LogP contribution >= 0.6 is 7.82 Å². The molecule has 0 aromatic carbocycles. The van der Waals surface area contributed by atoms with Crippen LogP contribution < -0.4 is 0 Å². The largest absolute Gasteiger partial charge is 0.472 e. The van der Waals surface area contributed by atoms with Crippen molar-refractivity contribution < 1.29 is 42.1 Å². The van der Waals surface area contributed by atoms with Gasteiger partial charge in [-0.05, 0) is 116 Å². The third-order valence-corrected chi connectivity index (χ3v) is 14.3. The molecule has 2 atom stereocenters. The van der Waals surface area contributed by atoms with Crippen LogP contribution in [0.25, 0.3) is 0 Å². The smallest absolute Gasteiger partial charge is 0.462 e. The van der Waals surface area contributed by atoms with Crippen LogP contribution in [0.15, 0.2) is 146 Å². The minimum Gasteiger partial charge on any atom is -0.462 e. The molecule has 466 valence electrons. The number of carbonyl (C=O) groups is 2. The molecule has 0 bridgehead atoms. The van der Waals surface area contributed by atoms with E-state index in [1.54, 1.807) is 0 Å². The summed E-state index contributed by atoms with van der Waals surface area (Å²) in [5.74, 6) is -0.815. The molecular weight excluding hydrogens is 1040 g/mol. The van der Waals surface area contributed by atoms with Gasteiger partial charge in [-0.1, -0.05) is 262 Å². The molecule has 10 heteroatoms. The third-order valence-electron chi connectivity index (χ3n) is 13.4. The Hall–Kier alpha value is -4.11. The van der Waals surface area contributed by atoms with E-state index < -0.39 is 26.5 Å². The lowest BCUT2D eigenvalue weighted by molar-refractivity contribution is -0.870. The predicted molar refractivity (Wildman–Crippen MR) is 353 cm³/mol. The van der Waals surface area contributed by atoms with E-state index in [4.69, 9.17) is 18.5 Å². The van der Waals surface area contributed by atoms with E-state index in [0.29, 0.717) is 17.4 Å². The van der Waals surface area contributed by atoms with Gasteiger partial charge < -0.3 is 18.9 Å². The maximum Gasteiger partial charge on any atom is 0.472 e. The maximum atomic E-state index is 12.9. The normalized spacial score (nSPS) is 14.2. The Morgan fingerprint density at radius 2 is 0.659 bits per heavy atom. The summed E-state index contributed by atoms with van der Waals surface area (Å²) in [7, 11) is 1.46. The van der Waals surface area contributed by atoms with Crippen LogP contribution in [0.3, 0.4) is 0 Å². The molecule has 0 fully saturated rings. The summed E-state index contributed by atoms with van der Waals surface area (Å²) in [4.78, 5) is 35.8. The summed E-state index contributed by atoms with van der Waals surface area (Å²) in [6.07, 6.45) is 90.7. The molecule has 0 amide bonds. The van der Waals surface area contributed by atoms with Crippen molar-refractivity contribution in [3.8, 4) is 0 Å². The Bertz CT molecular complexity index is 1890. The van der Waals surface area contributed by atoms with Crippen molar-refractivity contribution in [1.29, 1.82) is 0 Å². The number of unbranched alkanes of at least 4 members (excludes halogenated alkanes) is 20. The fourth-order valence-electron chi connectivity index (χ4n) is 8.43. The summed E-state index contributed by atoms with van der Waals surface area (Å²) in [5.41, 5.74) is 0. The highest BCUT2D eigenvalue weighted by Crippen LogP contribution is 2.43. The Morgan fingerprint density at radius 1 is 0.378 bits per heavy atom. The molecule has 82 heavy (non-hydrogen) atoms. The first-order valence-electron chi connectivity index (χ1n) is 32.6. The number of allylic oxidation sites excluding steroid dienone is 24. The highest BCUT2D eigenvalue weighted by molar-refractivity contribution is 7.47. The number of rotatable bonds is 58. The van der Waals surface area contributed by atoms with Crippen LogP contribution in [0, 0.1) is 0 Å². The number of hydrogen-bond acceptors (Lipinski definition) is 7. The van der Waals surface area contributed by atoms with Crippen LogP contribution in [0.2, 0.25) is 0 Å². The fourth-order valence-corrected chi connectivity index (χ4v) is 9.18. The summed E-state index contributed by atoms with van der Waals surface area (Å²) < 4.78 is 34.6. The molecule has 1 N–H and O–H groups in total. The maximum absolute atomic E-state index is 12.9. The first-order chi connectivity index (χ1) is 40.0. The van der Waals surface area contributed by atoms with Crippen molar-refractivity contribution in [1.82, 2.24) is 0 Å².